The predicted octanol–water partition coefficient (Wildman–Crippen LogP) is 4.20. The molecule has 3 amide bonds. The zero-order valence-electron chi connectivity index (χ0n) is 36.7. The molecule has 0 saturated carbocycles. The molecule has 3 N–H and O–H groups in total. The monoisotopic (exact) mass is 836 g/mol. The van der Waals surface area contributed by atoms with Gasteiger partial charge < -0.3 is 29.9 Å². The van der Waals surface area contributed by atoms with Crippen LogP contribution < -0.4 is 10.6 Å². The lowest BCUT2D eigenvalue weighted by Gasteiger charge is -2.41. The number of hydrogen-bond donors (Lipinski definition) is 3. The Morgan fingerprint density at radius 2 is 1.57 bits per heavy atom. The molecule has 0 radical (unpaired) electrons. The summed E-state index contributed by atoms with van der Waals surface area (Å²) in [7, 11) is 2.25. The molecule has 15 heteroatoms. The minimum absolute atomic E-state index is 0.0114. The summed E-state index contributed by atoms with van der Waals surface area (Å²) in [5.74, 6) is -3.89. The Morgan fingerprint density at radius 3 is 2.09 bits per heavy atom. The van der Waals surface area contributed by atoms with Crippen LogP contribution in [0.25, 0.3) is 0 Å². The van der Waals surface area contributed by atoms with Crippen LogP contribution in [0.3, 0.4) is 0 Å². The largest absolute Gasteiger partial charge is 0.379 e. The molecule has 0 spiro atoms. The van der Waals surface area contributed by atoms with Crippen LogP contribution in [0.15, 0.2) is 30.3 Å². The summed E-state index contributed by atoms with van der Waals surface area (Å²) < 4.78 is 43.6. The first-order chi connectivity index (χ1) is 27.2. The summed E-state index contributed by atoms with van der Waals surface area (Å²) in [5.41, 5.74) is 0.825. The van der Waals surface area contributed by atoms with Crippen molar-refractivity contribution < 1.29 is 46.4 Å². The Bertz CT molecular complexity index is 1590. The van der Waals surface area contributed by atoms with Gasteiger partial charge in [0.2, 0.25) is 17.7 Å². The van der Waals surface area contributed by atoms with E-state index in [4.69, 9.17) is 14.0 Å². The van der Waals surface area contributed by atoms with Crippen molar-refractivity contribution in [2.75, 3.05) is 47.2 Å². The standard InChI is InChI=1S/C43H72N4O10S/c1-12-29(6)40(46(9)43(52)33(27(2)3)25-36(49)39(44-8)28(4)5)37(56-10)26-38(50)47-21-16-19-34(47)41(57-11)30(7)35(48)24-32(23-31-17-14-13-15-18-31)42(51)45-20-22-58(53,54)55/h13-15,17-18,27-30,32-34,37,39-41,44H,12,16,19-26H2,1-11H3,(H,45,51)(H,53,54,55)/t29-,30-,32+,33-,34-,37+,39-,40-,41+/m0/s1. The van der Waals surface area contributed by atoms with Crippen LogP contribution in [-0.4, -0.2) is 130 Å². The number of benzene rings is 1. The number of ether oxygens (including phenoxy) is 2. The zero-order valence-corrected chi connectivity index (χ0v) is 37.5. The predicted molar refractivity (Wildman–Crippen MR) is 224 cm³/mol. The van der Waals surface area contributed by atoms with Crippen LogP contribution in [0.2, 0.25) is 0 Å². The molecule has 1 heterocycles. The maximum absolute atomic E-state index is 14.3. The van der Waals surface area contributed by atoms with Gasteiger partial charge in [0.15, 0.2) is 5.78 Å². The van der Waals surface area contributed by atoms with Crippen LogP contribution in [0.4, 0.5) is 0 Å². The second-order valence-corrected chi connectivity index (χ2v) is 18.3. The molecular formula is C43H72N4O10S. The second kappa shape index (κ2) is 24.1. The van der Waals surface area contributed by atoms with Crippen LogP contribution in [0, 0.1) is 35.5 Å². The number of methoxy groups -OCH3 is 2. The van der Waals surface area contributed by atoms with Gasteiger partial charge in [-0.05, 0) is 49.6 Å². The first-order valence-electron chi connectivity index (χ1n) is 20.8. The van der Waals surface area contributed by atoms with E-state index < -0.39 is 63.8 Å². The highest BCUT2D eigenvalue weighted by atomic mass is 32.2. The lowest BCUT2D eigenvalue weighted by Crippen LogP contribution is -2.54. The topological polar surface area (TPSA) is 189 Å². The number of carbonyl (C=O) groups is 5. The van der Waals surface area contributed by atoms with E-state index in [0.717, 1.165) is 12.0 Å². The zero-order chi connectivity index (χ0) is 43.9. The quantitative estimate of drug-likeness (QED) is 0.114. The fourth-order valence-electron chi connectivity index (χ4n) is 8.45. The molecule has 2 rings (SSSR count). The van der Waals surface area contributed by atoms with Crippen molar-refractivity contribution in [1.29, 1.82) is 0 Å². The first kappa shape index (κ1) is 50.9. The van der Waals surface area contributed by atoms with Gasteiger partial charge in [0, 0.05) is 65.0 Å². The molecule has 1 fully saturated rings. The van der Waals surface area contributed by atoms with Crippen molar-refractivity contribution >= 4 is 39.4 Å². The Balaban J connectivity index is 2.30. The summed E-state index contributed by atoms with van der Waals surface area (Å²) in [6.07, 6.45) is 0.870. The second-order valence-electron chi connectivity index (χ2n) is 16.8. The Kier molecular flexibility index (Phi) is 21.2. The van der Waals surface area contributed by atoms with Crippen molar-refractivity contribution in [3.63, 3.8) is 0 Å². The normalized spacial score (nSPS) is 18.9. The van der Waals surface area contributed by atoms with E-state index in [1.807, 2.05) is 71.9 Å². The van der Waals surface area contributed by atoms with Gasteiger partial charge in [-0.15, -0.1) is 0 Å². The van der Waals surface area contributed by atoms with Crippen molar-refractivity contribution in [1.82, 2.24) is 20.4 Å². The average molecular weight is 837 g/mol. The van der Waals surface area contributed by atoms with Crippen LogP contribution >= 0.6 is 0 Å². The minimum atomic E-state index is -4.29. The highest BCUT2D eigenvalue weighted by Crippen LogP contribution is 2.31. The number of hydrogen-bond acceptors (Lipinski definition) is 10. The molecule has 58 heavy (non-hydrogen) atoms. The van der Waals surface area contributed by atoms with Gasteiger partial charge in [-0.1, -0.05) is 85.2 Å². The smallest absolute Gasteiger partial charge is 0.266 e. The van der Waals surface area contributed by atoms with Crippen molar-refractivity contribution in [2.24, 2.45) is 35.5 Å². The van der Waals surface area contributed by atoms with E-state index >= 15 is 0 Å². The average Bonchev–Trinajstić information content (AvgIpc) is 3.65. The van der Waals surface area contributed by atoms with Gasteiger partial charge in [-0.3, -0.25) is 28.5 Å². The summed E-state index contributed by atoms with van der Waals surface area (Å²) in [5, 5.41) is 5.64. The molecule has 0 aromatic heterocycles. The molecule has 330 valence electrons. The third-order valence-corrected chi connectivity index (χ3v) is 12.7. The molecule has 0 aliphatic carbocycles. The first-order valence-corrected chi connectivity index (χ1v) is 22.4. The molecular weight excluding hydrogens is 765 g/mol. The van der Waals surface area contributed by atoms with Crippen LogP contribution in [0.5, 0.6) is 0 Å². The summed E-state index contributed by atoms with van der Waals surface area (Å²) in [6.45, 7) is 13.8. The third-order valence-electron chi connectivity index (χ3n) is 12.0. The number of likely N-dealkylation sites (tertiary alicyclic amines) is 1. The number of nitrogens with zero attached hydrogens (tertiary/aromatic N) is 2. The maximum Gasteiger partial charge on any atom is 0.266 e. The molecule has 1 aliphatic heterocycles. The molecule has 14 nitrogen and oxygen atoms in total. The molecule has 9 atom stereocenters. The molecule has 0 unspecified atom stereocenters. The van der Waals surface area contributed by atoms with Gasteiger partial charge in [0.1, 0.15) is 5.78 Å². The molecule has 1 aromatic rings. The van der Waals surface area contributed by atoms with Gasteiger partial charge in [0.25, 0.3) is 10.1 Å². The number of Topliss-reactive ketones (excluding diaryl/α,β-unsaturated/α-hetero) is 2. The highest BCUT2D eigenvalue weighted by molar-refractivity contribution is 7.85. The molecule has 0 bridgehead atoms. The van der Waals surface area contributed by atoms with Gasteiger partial charge in [0.05, 0.1) is 42.5 Å². The van der Waals surface area contributed by atoms with E-state index in [-0.39, 0.29) is 79.4 Å². The van der Waals surface area contributed by atoms with Crippen molar-refractivity contribution in [2.45, 2.75) is 124 Å². The molecule has 1 aliphatic rings. The van der Waals surface area contributed by atoms with Gasteiger partial charge in [-0.2, -0.15) is 8.42 Å². The number of rotatable bonds is 26. The summed E-state index contributed by atoms with van der Waals surface area (Å²) >= 11 is 0. The fraction of sp³-hybridized carbons (Fsp3) is 0.744. The summed E-state index contributed by atoms with van der Waals surface area (Å²) in [6, 6.07) is 7.93. The van der Waals surface area contributed by atoms with Crippen LogP contribution in [-0.2, 0) is 50.0 Å². The lowest BCUT2D eigenvalue weighted by atomic mass is 9.84. The number of amides is 3. The number of likely N-dealkylation sites (N-methyl/N-ethyl adjacent to an activating group) is 2. The number of ketones is 2. The Hall–Kier alpha value is -3.24. The number of carbonyl (C=O) groups excluding carboxylic acids is 5. The van der Waals surface area contributed by atoms with Gasteiger partial charge in [-0.25, -0.2) is 0 Å². The fourth-order valence-corrected chi connectivity index (χ4v) is 8.81. The van der Waals surface area contributed by atoms with E-state index in [1.54, 1.807) is 37.9 Å². The third kappa shape index (κ3) is 14.8. The van der Waals surface area contributed by atoms with E-state index in [9.17, 15) is 32.4 Å². The van der Waals surface area contributed by atoms with E-state index in [1.165, 1.54) is 7.11 Å². The molecule has 1 saturated heterocycles. The van der Waals surface area contributed by atoms with E-state index in [2.05, 4.69) is 10.6 Å². The lowest BCUT2D eigenvalue weighted by molar-refractivity contribution is -0.149. The highest BCUT2D eigenvalue weighted by Gasteiger charge is 2.43. The Labute approximate surface area is 347 Å². The number of nitrogens with one attached hydrogen (secondary N) is 2. The Morgan fingerprint density at radius 1 is 0.931 bits per heavy atom. The van der Waals surface area contributed by atoms with Crippen molar-refractivity contribution in [3.8, 4) is 0 Å². The SMILES string of the molecule is CC[C@H](C)[C@@H]([C@@H](CC(=O)N1CCC[C@H]1[C@H](OC)[C@@H](C)C(=O)C[C@@H](Cc1ccccc1)C(=O)NCCS(=O)(=O)O)OC)N(C)C(=O)[C@@H](CC(=O)[C@@H](NC)C(C)C)C(C)C. The summed E-state index contributed by atoms with van der Waals surface area (Å²) in [4.78, 5) is 72.5. The maximum atomic E-state index is 14.3. The van der Waals surface area contributed by atoms with E-state index in [0.29, 0.717) is 19.4 Å². The minimum Gasteiger partial charge on any atom is -0.379 e. The molecule has 1 aromatic carbocycles. The van der Waals surface area contributed by atoms with Crippen molar-refractivity contribution in [3.05, 3.63) is 35.9 Å². The van der Waals surface area contributed by atoms with Gasteiger partial charge >= 0.3 is 0 Å². The van der Waals surface area contributed by atoms with Crippen LogP contribution in [0.1, 0.15) is 92.6 Å².